The Morgan fingerprint density at radius 2 is 2.04 bits per heavy atom. The second-order valence-corrected chi connectivity index (χ2v) is 6.67. The fourth-order valence-electron chi connectivity index (χ4n) is 2.90. The van der Waals surface area contributed by atoms with Gasteiger partial charge < -0.3 is 5.32 Å². The number of carbonyl (C=O) groups excluding carboxylic acids is 1. The van der Waals surface area contributed by atoms with Crippen LogP contribution >= 0.6 is 11.8 Å². The van der Waals surface area contributed by atoms with Gasteiger partial charge in [-0.2, -0.15) is 0 Å². The SMILES string of the molecule is O=C(Cn1nnc2ccccc21)N[C@@H]1CCSc2ccccc21. The van der Waals surface area contributed by atoms with E-state index in [1.165, 1.54) is 10.5 Å². The number of fused-ring (bicyclic) bond motifs is 2. The van der Waals surface area contributed by atoms with Crippen LogP contribution in [0.25, 0.3) is 11.0 Å². The van der Waals surface area contributed by atoms with Crippen LogP contribution in [0.2, 0.25) is 0 Å². The van der Waals surface area contributed by atoms with E-state index in [4.69, 9.17) is 0 Å². The number of benzene rings is 2. The topological polar surface area (TPSA) is 59.8 Å². The third-order valence-corrected chi connectivity index (χ3v) is 5.13. The van der Waals surface area contributed by atoms with Gasteiger partial charge in [0.1, 0.15) is 12.1 Å². The third kappa shape index (κ3) is 2.82. The van der Waals surface area contributed by atoms with E-state index < -0.39 is 0 Å². The molecular formula is C17H16N4OS. The van der Waals surface area contributed by atoms with Crippen molar-refractivity contribution >= 4 is 28.7 Å². The summed E-state index contributed by atoms with van der Waals surface area (Å²) < 4.78 is 1.65. The first-order valence-corrected chi connectivity index (χ1v) is 8.59. The van der Waals surface area contributed by atoms with Crippen molar-refractivity contribution in [1.82, 2.24) is 20.3 Å². The van der Waals surface area contributed by atoms with Crippen molar-refractivity contribution in [3.63, 3.8) is 0 Å². The number of nitrogens with zero attached hydrogens (tertiary/aromatic N) is 3. The maximum Gasteiger partial charge on any atom is 0.242 e. The minimum Gasteiger partial charge on any atom is -0.348 e. The fraction of sp³-hybridized carbons (Fsp3) is 0.235. The first-order valence-electron chi connectivity index (χ1n) is 7.60. The molecule has 1 N–H and O–H groups in total. The van der Waals surface area contributed by atoms with E-state index in [9.17, 15) is 4.79 Å². The average Bonchev–Trinajstić information content (AvgIpc) is 2.98. The summed E-state index contributed by atoms with van der Waals surface area (Å²) in [5, 5.41) is 11.3. The quantitative estimate of drug-likeness (QED) is 0.805. The molecule has 2 aromatic carbocycles. The molecule has 3 aromatic rings. The Kier molecular flexibility index (Phi) is 3.75. The minimum absolute atomic E-state index is 0.0349. The van der Waals surface area contributed by atoms with E-state index in [1.54, 1.807) is 4.68 Å². The van der Waals surface area contributed by atoms with E-state index in [2.05, 4.69) is 27.8 Å². The smallest absolute Gasteiger partial charge is 0.242 e. The van der Waals surface area contributed by atoms with Crippen LogP contribution < -0.4 is 5.32 Å². The Morgan fingerprint density at radius 1 is 1.22 bits per heavy atom. The largest absolute Gasteiger partial charge is 0.348 e. The lowest BCUT2D eigenvalue weighted by atomic mass is 10.0. The van der Waals surface area contributed by atoms with Crippen molar-refractivity contribution < 1.29 is 4.79 Å². The van der Waals surface area contributed by atoms with E-state index in [-0.39, 0.29) is 18.5 Å². The molecular weight excluding hydrogens is 308 g/mol. The van der Waals surface area contributed by atoms with Gasteiger partial charge in [-0.15, -0.1) is 16.9 Å². The molecule has 0 saturated carbocycles. The summed E-state index contributed by atoms with van der Waals surface area (Å²) in [7, 11) is 0. The lowest BCUT2D eigenvalue weighted by Crippen LogP contribution is -2.33. The zero-order valence-corrected chi connectivity index (χ0v) is 13.3. The fourth-order valence-corrected chi connectivity index (χ4v) is 4.03. The maximum atomic E-state index is 12.4. The molecule has 1 aliphatic rings. The summed E-state index contributed by atoms with van der Waals surface area (Å²) in [5.74, 6) is 0.987. The highest BCUT2D eigenvalue weighted by molar-refractivity contribution is 7.99. The van der Waals surface area contributed by atoms with Crippen LogP contribution in [0.4, 0.5) is 0 Å². The zero-order chi connectivity index (χ0) is 15.6. The number of carbonyl (C=O) groups is 1. The van der Waals surface area contributed by atoms with Gasteiger partial charge in [-0.05, 0) is 30.2 Å². The molecule has 0 unspecified atom stereocenters. The summed E-state index contributed by atoms with van der Waals surface area (Å²) >= 11 is 1.85. The Balaban J connectivity index is 1.51. The first-order chi connectivity index (χ1) is 11.3. The number of nitrogens with one attached hydrogen (secondary N) is 1. The highest BCUT2D eigenvalue weighted by atomic mass is 32.2. The summed E-state index contributed by atoms with van der Waals surface area (Å²) in [6.45, 7) is 0.187. The summed E-state index contributed by atoms with van der Waals surface area (Å²) in [4.78, 5) is 13.7. The number of para-hydroxylation sites is 1. The van der Waals surface area contributed by atoms with Crippen LogP contribution in [-0.2, 0) is 11.3 Å². The molecule has 0 radical (unpaired) electrons. The van der Waals surface area contributed by atoms with Crippen molar-refractivity contribution in [1.29, 1.82) is 0 Å². The number of aromatic nitrogens is 3. The van der Waals surface area contributed by atoms with Crippen molar-refractivity contribution in [2.45, 2.75) is 23.9 Å². The Hall–Kier alpha value is -2.34. The van der Waals surface area contributed by atoms with Gasteiger partial charge in [-0.3, -0.25) is 4.79 Å². The summed E-state index contributed by atoms with van der Waals surface area (Å²) in [6.07, 6.45) is 0.950. The lowest BCUT2D eigenvalue weighted by Gasteiger charge is -2.25. The molecule has 116 valence electrons. The molecule has 1 atom stereocenters. The van der Waals surface area contributed by atoms with Crippen molar-refractivity contribution in [3.8, 4) is 0 Å². The molecule has 0 fully saturated rings. The van der Waals surface area contributed by atoms with E-state index >= 15 is 0 Å². The van der Waals surface area contributed by atoms with Gasteiger partial charge in [-0.25, -0.2) is 4.68 Å². The average molecular weight is 324 g/mol. The summed E-state index contributed by atoms with van der Waals surface area (Å²) in [6, 6.07) is 16.0. The molecule has 0 bridgehead atoms. The van der Waals surface area contributed by atoms with Crippen LogP contribution in [0.5, 0.6) is 0 Å². The van der Waals surface area contributed by atoms with Gasteiger partial charge in [0.2, 0.25) is 5.91 Å². The predicted octanol–water partition coefficient (Wildman–Crippen LogP) is 2.78. The van der Waals surface area contributed by atoms with Crippen LogP contribution in [0, 0.1) is 0 Å². The molecule has 1 aliphatic heterocycles. The normalized spacial score (nSPS) is 17.0. The molecule has 5 nitrogen and oxygen atoms in total. The van der Waals surface area contributed by atoms with Crippen LogP contribution in [0.15, 0.2) is 53.4 Å². The van der Waals surface area contributed by atoms with Gasteiger partial charge in [0.15, 0.2) is 0 Å². The van der Waals surface area contributed by atoms with Crippen molar-refractivity contribution in [2.75, 3.05) is 5.75 Å². The molecule has 0 spiro atoms. The Morgan fingerprint density at radius 3 is 3.00 bits per heavy atom. The number of thioether (sulfide) groups is 1. The zero-order valence-electron chi connectivity index (χ0n) is 12.5. The highest BCUT2D eigenvalue weighted by Crippen LogP contribution is 2.35. The standard InChI is InChI=1S/C17H16N4OS/c22-17(11-21-15-7-3-2-6-14(15)19-20-21)18-13-9-10-23-16-8-4-1-5-12(13)16/h1-8,13H,9-11H2,(H,18,22)/t13-/m1/s1. The van der Waals surface area contributed by atoms with E-state index in [1.807, 2.05) is 48.2 Å². The van der Waals surface area contributed by atoms with Crippen LogP contribution in [0.1, 0.15) is 18.0 Å². The molecule has 2 heterocycles. The van der Waals surface area contributed by atoms with Crippen LogP contribution in [0.3, 0.4) is 0 Å². The van der Waals surface area contributed by atoms with E-state index in [0.29, 0.717) is 0 Å². The first kappa shape index (κ1) is 14.3. The summed E-state index contributed by atoms with van der Waals surface area (Å²) in [5.41, 5.74) is 2.89. The molecule has 6 heteroatoms. The minimum atomic E-state index is -0.0349. The van der Waals surface area contributed by atoms with Crippen molar-refractivity contribution in [3.05, 3.63) is 54.1 Å². The molecule has 1 aromatic heterocycles. The van der Waals surface area contributed by atoms with Gasteiger partial charge in [0.25, 0.3) is 0 Å². The van der Waals surface area contributed by atoms with Gasteiger partial charge >= 0.3 is 0 Å². The number of hydrogen-bond donors (Lipinski definition) is 1. The highest BCUT2D eigenvalue weighted by Gasteiger charge is 2.22. The number of amides is 1. The Labute approximate surface area is 138 Å². The van der Waals surface area contributed by atoms with Gasteiger partial charge in [0, 0.05) is 10.6 Å². The number of hydrogen-bond acceptors (Lipinski definition) is 4. The molecule has 0 saturated heterocycles. The maximum absolute atomic E-state index is 12.4. The van der Waals surface area contributed by atoms with Gasteiger partial charge in [0.05, 0.1) is 11.6 Å². The molecule has 23 heavy (non-hydrogen) atoms. The lowest BCUT2D eigenvalue weighted by molar-refractivity contribution is -0.122. The second-order valence-electron chi connectivity index (χ2n) is 5.53. The molecule has 1 amide bonds. The van der Waals surface area contributed by atoms with Crippen molar-refractivity contribution in [2.24, 2.45) is 0 Å². The number of rotatable bonds is 3. The van der Waals surface area contributed by atoms with Crippen LogP contribution in [-0.4, -0.2) is 26.7 Å². The molecule has 0 aliphatic carbocycles. The Bertz CT molecular complexity index is 860. The molecule has 4 rings (SSSR count). The van der Waals surface area contributed by atoms with E-state index in [0.717, 1.165) is 23.2 Å². The third-order valence-electron chi connectivity index (χ3n) is 4.01. The predicted molar refractivity (Wildman–Crippen MR) is 90.2 cm³/mol. The monoisotopic (exact) mass is 324 g/mol. The van der Waals surface area contributed by atoms with Gasteiger partial charge in [-0.1, -0.05) is 35.5 Å². The second kappa shape index (κ2) is 6.04.